The number of hydrogen-bond acceptors (Lipinski definition) is 7. The van der Waals surface area contributed by atoms with Crippen LogP contribution in [0, 0.1) is 3.57 Å². The summed E-state index contributed by atoms with van der Waals surface area (Å²) in [6.45, 7) is -0.369. The van der Waals surface area contributed by atoms with Crippen LogP contribution in [0.5, 0.6) is 17.2 Å². The Labute approximate surface area is 246 Å². The normalized spacial score (nSPS) is 11.1. The summed E-state index contributed by atoms with van der Waals surface area (Å²) in [5, 5.41) is 8.62. The lowest BCUT2D eigenvalue weighted by atomic mass is 10.2. The summed E-state index contributed by atoms with van der Waals surface area (Å²) in [5.74, 6) is -1.42. The van der Waals surface area contributed by atoms with Crippen LogP contribution in [0.1, 0.15) is 16.7 Å². The van der Waals surface area contributed by atoms with Gasteiger partial charge in [-0.15, -0.1) is 0 Å². The zero-order valence-electron chi connectivity index (χ0n) is 21.7. The number of anilines is 1. The second kappa shape index (κ2) is 14.3. The van der Waals surface area contributed by atoms with Gasteiger partial charge in [0.15, 0.2) is 18.1 Å². The monoisotopic (exact) mass is 684 g/mol. The minimum absolute atomic E-state index is 0.0295. The van der Waals surface area contributed by atoms with E-state index in [9.17, 15) is 27.6 Å². The molecule has 41 heavy (non-hydrogen) atoms. The fourth-order valence-electron chi connectivity index (χ4n) is 3.28. The SMILES string of the molecule is COc1ccc(CNC(=O)C(=O)N/N=C\c2cc(I)c(OCC(=O)Nc3cccc(C(F)(F)F)c3)c(OC)c2)cc1. The van der Waals surface area contributed by atoms with E-state index in [0.717, 1.165) is 17.7 Å². The largest absolute Gasteiger partial charge is 0.497 e. The van der Waals surface area contributed by atoms with E-state index in [1.54, 1.807) is 30.3 Å². The number of rotatable bonds is 10. The number of carbonyl (C=O) groups excluding carboxylic acids is 3. The third-order valence-electron chi connectivity index (χ3n) is 5.27. The topological polar surface area (TPSA) is 127 Å². The second-order valence-corrected chi connectivity index (χ2v) is 9.34. The van der Waals surface area contributed by atoms with Crippen LogP contribution < -0.4 is 30.3 Å². The fourth-order valence-corrected chi connectivity index (χ4v) is 4.07. The summed E-state index contributed by atoms with van der Waals surface area (Å²) >= 11 is 1.93. The summed E-state index contributed by atoms with van der Waals surface area (Å²) in [4.78, 5) is 36.4. The molecule has 0 unspecified atom stereocenters. The van der Waals surface area contributed by atoms with Crippen LogP contribution >= 0.6 is 22.6 Å². The number of alkyl halides is 3. The quantitative estimate of drug-likeness (QED) is 0.128. The Morgan fingerprint density at radius 2 is 1.71 bits per heavy atom. The lowest BCUT2D eigenvalue weighted by Gasteiger charge is -2.14. The molecule has 0 aliphatic rings. The van der Waals surface area contributed by atoms with Crippen molar-refractivity contribution in [3.63, 3.8) is 0 Å². The van der Waals surface area contributed by atoms with Gasteiger partial charge in [-0.05, 0) is 76.2 Å². The Morgan fingerprint density at radius 3 is 2.37 bits per heavy atom. The Kier molecular flexibility index (Phi) is 10.9. The molecule has 0 aliphatic heterocycles. The van der Waals surface area contributed by atoms with Gasteiger partial charge in [0.2, 0.25) is 0 Å². The van der Waals surface area contributed by atoms with Gasteiger partial charge in [-0.3, -0.25) is 14.4 Å². The highest BCUT2D eigenvalue weighted by molar-refractivity contribution is 14.1. The van der Waals surface area contributed by atoms with E-state index in [0.29, 0.717) is 14.9 Å². The molecule has 3 aromatic carbocycles. The van der Waals surface area contributed by atoms with Gasteiger partial charge < -0.3 is 24.8 Å². The number of benzene rings is 3. The highest BCUT2D eigenvalue weighted by Crippen LogP contribution is 2.34. The molecule has 0 saturated carbocycles. The van der Waals surface area contributed by atoms with Crippen LogP contribution in [-0.2, 0) is 27.1 Å². The van der Waals surface area contributed by atoms with Crippen molar-refractivity contribution in [3.05, 3.63) is 80.9 Å². The number of hydrazone groups is 1. The molecule has 0 spiro atoms. The van der Waals surface area contributed by atoms with Gasteiger partial charge in [0.1, 0.15) is 5.75 Å². The molecule has 0 aromatic heterocycles. The van der Waals surface area contributed by atoms with E-state index in [-0.39, 0.29) is 23.7 Å². The number of halogens is 4. The van der Waals surface area contributed by atoms with Crippen molar-refractivity contribution in [2.24, 2.45) is 5.10 Å². The summed E-state index contributed by atoms with van der Waals surface area (Å²) in [6, 6.07) is 14.3. The second-order valence-electron chi connectivity index (χ2n) is 8.18. The Morgan fingerprint density at radius 1 is 0.976 bits per heavy atom. The van der Waals surface area contributed by atoms with E-state index < -0.39 is 36.1 Å². The molecule has 3 amide bonds. The van der Waals surface area contributed by atoms with Crippen molar-refractivity contribution >= 4 is 52.2 Å². The highest BCUT2D eigenvalue weighted by atomic mass is 127. The van der Waals surface area contributed by atoms with E-state index in [4.69, 9.17) is 14.2 Å². The van der Waals surface area contributed by atoms with Gasteiger partial charge in [0.25, 0.3) is 5.91 Å². The first kappa shape index (κ1) is 31.2. The van der Waals surface area contributed by atoms with Crippen LogP contribution in [-0.4, -0.2) is 44.8 Å². The molecule has 216 valence electrons. The first-order chi connectivity index (χ1) is 19.5. The molecule has 0 saturated heterocycles. The van der Waals surface area contributed by atoms with E-state index in [1.165, 1.54) is 38.6 Å². The maximum absolute atomic E-state index is 12.9. The van der Waals surface area contributed by atoms with Crippen molar-refractivity contribution in [2.45, 2.75) is 12.7 Å². The molecular weight excluding hydrogens is 660 g/mol. The average Bonchev–Trinajstić information content (AvgIpc) is 2.94. The summed E-state index contributed by atoms with van der Waals surface area (Å²) < 4.78 is 55.1. The van der Waals surface area contributed by atoms with Gasteiger partial charge >= 0.3 is 18.0 Å². The van der Waals surface area contributed by atoms with Crippen LogP contribution in [0.2, 0.25) is 0 Å². The molecular formula is C27H24F3IN4O6. The number of nitrogens with one attached hydrogen (secondary N) is 3. The van der Waals surface area contributed by atoms with Crippen molar-refractivity contribution in [3.8, 4) is 17.2 Å². The highest BCUT2D eigenvalue weighted by Gasteiger charge is 2.30. The zero-order chi connectivity index (χ0) is 30.0. The lowest BCUT2D eigenvalue weighted by molar-refractivity contribution is -0.139. The Bertz CT molecular complexity index is 1430. The maximum Gasteiger partial charge on any atom is 0.416 e. The predicted molar refractivity (Wildman–Crippen MR) is 152 cm³/mol. The van der Waals surface area contributed by atoms with Crippen LogP contribution in [0.15, 0.2) is 65.8 Å². The number of carbonyl (C=O) groups is 3. The zero-order valence-corrected chi connectivity index (χ0v) is 23.8. The lowest BCUT2D eigenvalue weighted by Crippen LogP contribution is -2.37. The van der Waals surface area contributed by atoms with Gasteiger partial charge in [0, 0.05) is 12.2 Å². The molecule has 0 atom stereocenters. The third kappa shape index (κ3) is 9.37. The summed E-state index contributed by atoms with van der Waals surface area (Å²) in [5.41, 5.74) is 2.46. The van der Waals surface area contributed by atoms with Crippen molar-refractivity contribution in [2.75, 3.05) is 26.1 Å². The van der Waals surface area contributed by atoms with Crippen LogP contribution in [0.3, 0.4) is 0 Å². The van der Waals surface area contributed by atoms with Crippen LogP contribution in [0.4, 0.5) is 18.9 Å². The molecule has 3 aromatic rings. The van der Waals surface area contributed by atoms with E-state index in [1.807, 2.05) is 22.6 Å². The summed E-state index contributed by atoms with van der Waals surface area (Å²) in [6.07, 6.45) is -3.26. The molecule has 14 heteroatoms. The predicted octanol–water partition coefficient (Wildman–Crippen LogP) is 4.11. The number of hydrogen-bond donors (Lipinski definition) is 3. The Hall–Kier alpha value is -4.34. The number of ether oxygens (including phenoxy) is 3. The molecule has 10 nitrogen and oxygen atoms in total. The molecule has 3 N–H and O–H groups in total. The summed E-state index contributed by atoms with van der Waals surface area (Å²) in [7, 11) is 2.91. The number of nitrogens with zero attached hydrogens (tertiary/aromatic N) is 1. The van der Waals surface area contributed by atoms with E-state index in [2.05, 4.69) is 21.2 Å². The number of methoxy groups -OCH3 is 2. The van der Waals surface area contributed by atoms with E-state index >= 15 is 0 Å². The van der Waals surface area contributed by atoms with Crippen molar-refractivity contribution < 1.29 is 41.8 Å². The average molecular weight is 684 g/mol. The molecule has 0 bridgehead atoms. The first-order valence-electron chi connectivity index (χ1n) is 11.7. The molecule has 0 aliphatic carbocycles. The third-order valence-corrected chi connectivity index (χ3v) is 6.07. The van der Waals surface area contributed by atoms with Gasteiger partial charge in [-0.25, -0.2) is 5.43 Å². The van der Waals surface area contributed by atoms with Crippen molar-refractivity contribution in [1.82, 2.24) is 10.7 Å². The minimum Gasteiger partial charge on any atom is -0.497 e. The fraction of sp³-hybridized carbons (Fsp3) is 0.185. The first-order valence-corrected chi connectivity index (χ1v) is 12.8. The van der Waals surface area contributed by atoms with Crippen molar-refractivity contribution in [1.29, 1.82) is 0 Å². The minimum atomic E-state index is -4.54. The molecule has 3 rings (SSSR count). The Balaban J connectivity index is 1.54. The molecule has 0 radical (unpaired) electrons. The van der Waals surface area contributed by atoms with Crippen LogP contribution in [0.25, 0.3) is 0 Å². The number of amides is 3. The molecule has 0 heterocycles. The van der Waals surface area contributed by atoms with Gasteiger partial charge in [-0.2, -0.15) is 18.3 Å². The maximum atomic E-state index is 12.9. The standard InChI is InChI=1S/C27H24F3IN4O6/c1-39-20-8-6-16(7-9-20)13-32-25(37)26(38)35-33-14-17-10-21(31)24(22(11-17)40-2)41-15-23(36)34-19-5-3-4-18(12-19)27(28,29)30/h3-12,14H,13,15H2,1-2H3,(H,32,37)(H,34,36)(H,35,38)/b33-14-. The van der Waals surface area contributed by atoms with Gasteiger partial charge in [-0.1, -0.05) is 18.2 Å². The smallest absolute Gasteiger partial charge is 0.416 e. The van der Waals surface area contributed by atoms with Gasteiger partial charge in [0.05, 0.1) is 29.6 Å². The molecule has 0 fully saturated rings.